The molecule has 2 aromatic carbocycles. The monoisotopic (exact) mass is 446 g/mol. The minimum Gasteiger partial charge on any atom is -0.369 e. The van der Waals surface area contributed by atoms with Gasteiger partial charge < -0.3 is 9.42 Å². The number of halogens is 1. The standard InChI is InChI=1S/C21H23ClN4O3S/c1-3-20-23-21(24-29-20)16-8-7-15(2)19(13-16)30(27,28)26-11-9-25(10-12-26)18-6-4-5-17(22)14-18/h4-8,13-14H,3,9-12H2,1-2H3. The molecule has 1 aromatic heterocycles. The molecule has 158 valence electrons. The molecule has 1 aliphatic rings. The molecule has 0 spiro atoms. The maximum atomic E-state index is 13.4. The molecule has 30 heavy (non-hydrogen) atoms. The number of sulfonamides is 1. The van der Waals surface area contributed by atoms with Crippen LogP contribution >= 0.6 is 11.6 Å². The van der Waals surface area contributed by atoms with E-state index >= 15 is 0 Å². The van der Waals surface area contributed by atoms with Crippen molar-refractivity contribution in [3.8, 4) is 11.4 Å². The second-order valence-corrected chi connectivity index (χ2v) is 9.56. The number of benzene rings is 2. The lowest BCUT2D eigenvalue weighted by atomic mass is 10.1. The van der Waals surface area contributed by atoms with Crippen LogP contribution in [0.15, 0.2) is 51.9 Å². The van der Waals surface area contributed by atoms with Gasteiger partial charge in [-0.3, -0.25) is 0 Å². The Morgan fingerprint density at radius 3 is 2.53 bits per heavy atom. The molecule has 0 amide bonds. The van der Waals surface area contributed by atoms with Gasteiger partial charge in [-0.15, -0.1) is 0 Å². The van der Waals surface area contributed by atoms with Gasteiger partial charge in [0.05, 0.1) is 4.90 Å². The third-order valence-electron chi connectivity index (χ3n) is 5.25. The summed E-state index contributed by atoms with van der Waals surface area (Å²) in [6, 6.07) is 12.8. The fourth-order valence-corrected chi connectivity index (χ4v) is 5.39. The van der Waals surface area contributed by atoms with Crippen molar-refractivity contribution in [1.82, 2.24) is 14.4 Å². The van der Waals surface area contributed by atoms with Crippen molar-refractivity contribution in [2.45, 2.75) is 25.2 Å². The first-order valence-electron chi connectivity index (χ1n) is 9.83. The Kier molecular flexibility index (Phi) is 5.81. The average molecular weight is 447 g/mol. The highest BCUT2D eigenvalue weighted by atomic mass is 35.5. The summed E-state index contributed by atoms with van der Waals surface area (Å²) in [4.78, 5) is 6.73. The van der Waals surface area contributed by atoms with Gasteiger partial charge in [0.2, 0.25) is 21.7 Å². The van der Waals surface area contributed by atoms with E-state index in [0.717, 1.165) is 5.69 Å². The molecule has 0 radical (unpaired) electrons. The van der Waals surface area contributed by atoms with Crippen molar-refractivity contribution >= 4 is 27.3 Å². The SMILES string of the molecule is CCc1nc(-c2ccc(C)c(S(=O)(=O)N3CCN(c4cccc(Cl)c4)CC3)c2)no1. The van der Waals surface area contributed by atoms with Crippen LogP contribution in [0.5, 0.6) is 0 Å². The van der Waals surface area contributed by atoms with E-state index in [1.165, 1.54) is 4.31 Å². The van der Waals surface area contributed by atoms with Gasteiger partial charge in [0.1, 0.15) is 0 Å². The fraction of sp³-hybridized carbons (Fsp3) is 0.333. The molecule has 9 heteroatoms. The van der Waals surface area contributed by atoms with Crippen molar-refractivity contribution in [3.63, 3.8) is 0 Å². The lowest BCUT2D eigenvalue weighted by Gasteiger charge is -2.35. The lowest BCUT2D eigenvalue weighted by molar-refractivity contribution is 0.382. The van der Waals surface area contributed by atoms with E-state index in [2.05, 4.69) is 15.0 Å². The molecule has 2 heterocycles. The predicted molar refractivity (Wildman–Crippen MR) is 116 cm³/mol. The summed E-state index contributed by atoms with van der Waals surface area (Å²) in [5.74, 6) is 0.918. The highest BCUT2D eigenvalue weighted by molar-refractivity contribution is 7.89. The number of hydrogen-bond donors (Lipinski definition) is 0. The molecule has 3 aromatic rings. The summed E-state index contributed by atoms with van der Waals surface area (Å²) in [7, 11) is -3.64. The molecule has 0 aliphatic carbocycles. The largest absolute Gasteiger partial charge is 0.369 e. The molecule has 1 saturated heterocycles. The maximum absolute atomic E-state index is 13.4. The topological polar surface area (TPSA) is 79.5 Å². The maximum Gasteiger partial charge on any atom is 0.243 e. The molecule has 4 rings (SSSR count). The summed E-state index contributed by atoms with van der Waals surface area (Å²) in [5.41, 5.74) is 2.32. The zero-order valence-electron chi connectivity index (χ0n) is 16.9. The number of hydrogen-bond acceptors (Lipinski definition) is 6. The minimum absolute atomic E-state index is 0.277. The zero-order valence-corrected chi connectivity index (χ0v) is 18.4. The van der Waals surface area contributed by atoms with E-state index in [1.807, 2.05) is 37.3 Å². The number of aromatic nitrogens is 2. The van der Waals surface area contributed by atoms with Gasteiger partial charge in [-0.1, -0.05) is 41.9 Å². The van der Waals surface area contributed by atoms with Crippen LogP contribution in [0.2, 0.25) is 5.02 Å². The van der Waals surface area contributed by atoms with Crippen LogP contribution in [0.3, 0.4) is 0 Å². The minimum atomic E-state index is -3.64. The van der Waals surface area contributed by atoms with Crippen molar-refractivity contribution in [1.29, 1.82) is 0 Å². The molecular weight excluding hydrogens is 424 g/mol. The molecule has 1 aliphatic heterocycles. The molecule has 0 atom stereocenters. The highest BCUT2D eigenvalue weighted by Gasteiger charge is 2.30. The van der Waals surface area contributed by atoms with Crippen LogP contribution in [-0.2, 0) is 16.4 Å². The van der Waals surface area contributed by atoms with Crippen LogP contribution < -0.4 is 4.90 Å². The van der Waals surface area contributed by atoms with E-state index in [4.69, 9.17) is 16.1 Å². The Morgan fingerprint density at radius 1 is 1.10 bits per heavy atom. The first-order chi connectivity index (χ1) is 14.4. The summed E-state index contributed by atoms with van der Waals surface area (Å²) < 4.78 is 33.4. The number of anilines is 1. The van der Waals surface area contributed by atoms with Gasteiger partial charge in [-0.25, -0.2) is 8.42 Å². The molecule has 0 unspecified atom stereocenters. The zero-order chi connectivity index (χ0) is 21.3. The van der Waals surface area contributed by atoms with E-state index in [0.29, 0.717) is 60.5 Å². The van der Waals surface area contributed by atoms with Crippen molar-refractivity contribution in [2.24, 2.45) is 0 Å². The van der Waals surface area contributed by atoms with Crippen LogP contribution in [0.25, 0.3) is 11.4 Å². The third-order valence-corrected chi connectivity index (χ3v) is 7.52. The molecule has 1 fully saturated rings. The summed E-state index contributed by atoms with van der Waals surface area (Å²) in [6.07, 6.45) is 0.626. The smallest absolute Gasteiger partial charge is 0.243 e. The van der Waals surface area contributed by atoms with Crippen LogP contribution in [-0.4, -0.2) is 49.0 Å². The van der Waals surface area contributed by atoms with Crippen LogP contribution in [0, 0.1) is 6.92 Å². The van der Waals surface area contributed by atoms with Gasteiger partial charge in [-0.05, 0) is 36.8 Å². The second-order valence-electron chi connectivity index (χ2n) is 7.22. The molecule has 0 saturated carbocycles. The average Bonchev–Trinajstić information content (AvgIpc) is 3.23. The predicted octanol–water partition coefficient (Wildman–Crippen LogP) is 3.77. The number of piperazine rings is 1. The number of aryl methyl sites for hydroxylation is 2. The van der Waals surface area contributed by atoms with Crippen molar-refractivity contribution < 1.29 is 12.9 Å². The van der Waals surface area contributed by atoms with Gasteiger partial charge in [-0.2, -0.15) is 9.29 Å². The van der Waals surface area contributed by atoms with Crippen LogP contribution in [0.1, 0.15) is 18.4 Å². The van der Waals surface area contributed by atoms with Gasteiger partial charge in [0.25, 0.3) is 0 Å². The lowest BCUT2D eigenvalue weighted by Crippen LogP contribution is -2.48. The molecular formula is C21H23ClN4O3S. The van der Waals surface area contributed by atoms with Crippen molar-refractivity contribution in [2.75, 3.05) is 31.1 Å². The number of rotatable bonds is 5. The van der Waals surface area contributed by atoms with Crippen LogP contribution in [0.4, 0.5) is 5.69 Å². The Balaban J connectivity index is 1.56. The first-order valence-corrected chi connectivity index (χ1v) is 11.6. The van der Waals surface area contributed by atoms with Crippen molar-refractivity contribution in [3.05, 3.63) is 58.9 Å². The first kappa shape index (κ1) is 20.8. The molecule has 0 N–H and O–H groups in total. The van der Waals surface area contributed by atoms with E-state index in [-0.39, 0.29) is 4.90 Å². The fourth-order valence-electron chi connectivity index (χ4n) is 3.53. The van der Waals surface area contributed by atoms with Gasteiger partial charge in [0.15, 0.2) is 0 Å². The summed E-state index contributed by atoms with van der Waals surface area (Å²) in [5, 5.41) is 4.63. The second kappa shape index (κ2) is 8.37. The van der Waals surface area contributed by atoms with E-state index in [9.17, 15) is 8.42 Å². The van der Waals surface area contributed by atoms with E-state index < -0.39 is 10.0 Å². The Bertz CT molecular complexity index is 1150. The normalized spacial score (nSPS) is 15.5. The Hall–Kier alpha value is -2.42. The molecule has 0 bridgehead atoms. The Labute approximate surface area is 181 Å². The molecule has 7 nitrogen and oxygen atoms in total. The number of nitrogens with zero attached hydrogens (tertiary/aromatic N) is 4. The summed E-state index contributed by atoms with van der Waals surface area (Å²) in [6.45, 7) is 5.73. The Morgan fingerprint density at radius 2 is 1.87 bits per heavy atom. The third kappa shape index (κ3) is 4.08. The van der Waals surface area contributed by atoms with E-state index in [1.54, 1.807) is 19.1 Å². The van der Waals surface area contributed by atoms with Gasteiger partial charge in [0, 0.05) is 48.9 Å². The summed E-state index contributed by atoms with van der Waals surface area (Å²) >= 11 is 6.09. The van der Waals surface area contributed by atoms with Gasteiger partial charge >= 0.3 is 0 Å². The quantitative estimate of drug-likeness (QED) is 0.593. The highest BCUT2D eigenvalue weighted by Crippen LogP contribution is 2.28.